The van der Waals surface area contributed by atoms with E-state index in [1.54, 1.807) is 42.1 Å². The molecule has 0 unspecified atom stereocenters. The highest BCUT2D eigenvalue weighted by molar-refractivity contribution is 8.00. The van der Waals surface area contributed by atoms with Crippen molar-refractivity contribution in [2.75, 3.05) is 11.9 Å². The van der Waals surface area contributed by atoms with Crippen LogP contribution in [0.1, 0.15) is 43.9 Å². The van der Waals surface area contributed by atoms with Crippen molar-refractivity contribution in [2.45, 2.75) is 49.7 Å². The van der Waals surface area contributed by atoms with E-state index in [0.29, 0.717) is 69.2 Å². The molecule has 3 heterocycles. The lowest BCUT2D eigenvalue weighted by Gasteiger charge is -2.30. The second-order valence-corrected chi connectivity index (χ2v) is 15.2. The average molecular weight is 680 g/mol. The number of fused-ring (bicyclic) bond motifs is 4. The standard InChI is InChI=1S/C37H33N3O6S2/c1-37(2,3)48-25-8-4-20-14-21-19-39(13-12-30(21)40(45)31(20)18-25)36(47)38-22-5-9-26(29(15-22)35(43)44)34-27-10-6-23(41)16-32(27)46-33-17-24(42)7-11-28(33)34/h4-11,14-18,35,41,43-44H,12-13,19H2,1-3H3,(H,38,47). The van der Waals surface area contributed by atoms with Crippen molar-refractivity contribution in [1.29, 1.82) is 0 Å². The SMILES string of the molecule is CC(C)(C)Sc1ccc2cc3c([n+]([O-])c2c1)CCN(C(=S)Nc1ccc(-c2c4ccc(=O)cc-4oc4cc(O)ccc24)c(C(O)O)c1)C3. The van der Waals surface area contributed by atoms with Gasteiger partial charge in [0, 0.05) is 73.1 Å². The van der Waals surface area contributed by atoms with E-state index < -0.39 is 6.29 Å². The normalized spacial score (nSPS) is 13.4. The Hall–Kier alpha value is -4.68. The topological polar surface area (TPSA) is 133 Å². The molecular formula is C37H33N3O6S2. The van der Waals surface area contributed by atoms with Crippen LogP contribution >= 0.6 is 24.0 Å². The molecule has 244 valence electrons. The quantitative estimate of drug-likeness (QED) is 0.0399. The summed E-state index contributed by atoms with van der Waals surface area (Å²) in [5.41, 5.74) is 4.90. The number of thiocarbonyl (C=S) groups is 1. The monoisotopic (exact) mass is 679 g/mol. The number of pyridine rings is 1. The summed E-state index contributed by atoms with van der Waals surface area (Å²) in [6.45, 7) is 7.43. The number of hydrogen-bond donors (Lipinski definition) is 4. The molecule has 1 aromatic heterocycles. The maximum absolute atomic E-state index is 13.5. The molecule has 1 aliphatic carbocycles. The highest BCUT2D eigenvalue weighted by Gasteiger charge is 2.27. The van der Waals surface area contributed by atoms with Crippen molar-refractivity contribution in [2.24, 2.45) is 0 Å². The van der Waals surface area contributed by atoms with Crippen LogP contribution in [-0.2, 0) is 13.0 Å². The van der Waals surface area contributed by atoms with E-state index in [0.717, 1.165) is 26.3 Å². The summed E-state index contributed by atoms with van der Waals surface area (Å²) in [7, 11) is 0. The third-order valence-electron chi connectivity index (χ3n) is 8.38. The van der Waals surface area contributed by atoms with E-state index in [1.807, 2.05) is 17.0 Å². The Labute approximate surface area is 286 Å². The third kappa shape index (κ3) is 6.06. The number of aromatic hydroxyl groups is 1. The maximum Gasteiger partial charge on any atom is 0.225 e. The van der Waals surface area contributed by atoms with Crippen LogP contribution in [0, 0.1) is 5.21 Å². The van der Waals surface area contributed by atoms with E-state index in [2.05, 4.69) is 38.2 Å². The van der Waals surface area contributed by atoms with Gasteiger partial charge in [0.15, 0.2) is 22.5 Å². The van der Waals surface area contributed by atoms with Gasteiger partial charge in [-0.2, -0.15) is 4.73 Å². The van der Waals surface area contributed by atoms with Gasteiger partial charge in [0.05, 0.1) is 13.0 Å². The smallest absolute Gasteiger partial charge is 0.225 e. The minimum atomic E-state index is -1.83. The Balaban J connectivity index is 1.19. The number of phenols is 1. The molecule has 0 radical (unpaired) electrons. The first-order chi connectivity index (χ1) is 22.8. The molecule has 0 fully saturated rings. The zero-order valence-corrected chi connectivity index (χ0v) is 28.1. The van der Waals surface area contributed by atoms with Crippen molar-refractivity contribution < 1.29 is 24.5 Å². The molecule has 11 heteroatoms. The summed E-state index contributed by atoms with van der Waals surface area (Å²) < 4.78 is 7.04. The van der Waals surface area contributed by atoms with Gasteiger partial charge in [-0.3, -0.25) is 4.79 Å². The summed E-state index contributed by atoms with van der Waals surface area (Å²) >= 11 is 7.53. The number of benzene rings is 4. The maximum atomic E-state index is 13.5. The molecule has 0 spiro atoms. The van der Waals surface area contributed by atoms with Gasteiger partial charge in [-0.15, -0.1) is 11.8 Å². The Bertz CT molecular complexity index is 2280. The number of nitrogens with zero attached hydrogens (tertiary/aromatic N) is 2. The van der Waals surface area contributed by atoms with E-state index in [4.69, 9.17) is 16.6 Å². The van der Waals surface area contributed by atoms with Crippen LogP contribution in [0.5, 0.6) is 5.75 Å². The molecular weight excluding hydrogens is 647 g/mol. The molecule has 0 amide bonds. The lowest BCUT2D eigenvalue weighted by atomic mass is 9.90. The lowest BCUT2D eigenvalue weighted by Crippen LogP contribution is -2.44. The number of hydrogen-bond acceptors (Lipinski definition) is 8. The van der Waals surface area contributed by atoms with Crippen LogP contribution in [0.3, 0.4) is 0 Å². The Morgan fingerprint density at radius 3 is 2.58 bits per heavy atom. The van der Waals surface area contributed by atoms with Crippen LogP contribution in [0.15, 0.2) is 93.0 Å². The molecule has 2 aliphatic heterocycles. The molecule has 0 saturated heterocycles. The third-order valence-corrected chi connectivity index (χ3v) is 9.85. The predicted octanol–water partition coefficient (Wildman–Crippen LogP) is 6.69. The summed E-state index contributed by atoms with van der Waals surface area (Å²) in [6.07, 6.45) is -1.31. The van der Waals surface area contributed by atoms with Crippen molar-refractivity contribution in [3.8, 4) is 28.2 Å². The number of anilines is 1. The van der Waals surface area contributed by atoms with Gasteiger partial charge in [-0.25, -0.2) is 0 Å². The minimum absolute atomic E-state index is 0.00627. The van der Waals surface area contributed by atoms with Crippen molar-refractivity contribution >= 4 is 56.7 Å². The van der Waals surface area contributed by atoms with Gasteiger partial charge in [0.1, 0.15) is 17.1 Å². The number of nitrogens with one attached hydrogen (secondary N) is 1. The minimum Gasteiger partial charge on any atom is -0.618 e. The Kier molecular flexibility index (Phi) is 8.03. The molecule has 0 atom stereocenters. The largest absolute Gasteiger partial charge is 0.618 e. The fraction of sp³-hybridized carbons (Fsp3) is 0.216. The van der Waals surface area contributed by atoms with Gasteiger partial charge in [0.25, 0.3) is 0 Å². The highest BCUT2D eigenvalue weighted by Crippen LogP contribution is 2.43. The number of phenolic OH excluding ortho intramolecular Hbond substituents is 1. The van der Waals surface area contributed by atoms with Gasteiger partial charge in [0.2, 0.25) is 5.52 Å². The average Bonchev–Trinajstić information content (AvgIpc) is 3.03. The zero-order chi connectivity index (χ0) is 33.9. The van der Waals surface area contributed by atoms with Crippen LogP contribution in [0.25, 0.3) is 44.3 Å². The van der Waals surface area contributed by atoms with Gasteiger partial charge in [-0.1, -0.05) is 26.8 Å². The fourth-order valence-corrected chi connectivity index (χ4v) is 7.60. The number of aromatic nitrogens is 1. The van der Waals surface area contributed by atoms with Crippen LogP contribution in [-0.4, -0.2) is 36.6 Å². The van der Waals surface area contributed by atoms with Crippen molar-refractivity contribution in [1.82, 2.24) is 4.90 Å². The number of aliphatic hydroxyl groups excluding tert-OH is 1. The van der Waals surface area contributed by atoms with Gasteiger partial charge < -0.3 is 35.2 Å². The highest BCUT2D eigenvalue weighted by atomic mass is 32.2. The Morgan fingerprint density at radius 1 is 1.02 bits per heavy atom. The van der Waals surface area contributed by atoms with E-state index >= 15 is 0 Å². The Morgan fingerprint density at radius 2 is 1.81 bits per heavy atom. The van der Waals surface area contributed by atoms with Gasteiger partial charge >= 0.3 is 0 Å². The summed E-state index contributed by atoms with van der Waals surface area (Å²) in [5, 5.41) is 49.8. The lowest BCUT2D eigenvalue weighted by molar-refractivity contribution is -0.587. The second kappa shape index (κ2) is 12.1. The first kappa shape index (κ1) is 31.9. The van der Waals surface area contributed by atoms with Gasteiger partial charge in [-0.05, 0) is 72.4 Å². The molecule has 48 heavy (non-hydrogen) atoms. The van der Waals surface area contributed by atoms with E-state index in [1.165, 1.54) is 24.3 Å². The molecule has 7 rings (SSSR count). The summed E-state index contributed by atoms with van der Waals surface area (Å²) in [6, 6.07) is 22.4. The summed E-state index contributed by atoms with van der Waals surface area (Å²) in [5.74, 6) is 0.299. The van der Waals surface area contributed by atoms with Crippen LogP contribution in [0.2, 0.25) is 0 Å². The number of rotatable bonds is 4. The second-order valence-electron chi connectivity index (χ2n) is 12.9. The van der Waals surface area contributed by atoms with E-state index in [9.17, 15) is 25.3 Å². The molecule has 0 saturated carbocycles. The molecule has 3 aliphatic rings. The predicted molar refractivity (Wildman–Crippen MR) is 192 cm³/mol. The molecule has 4 N–H and O–H groups in total. The first-order valence-corrected chi connectivity index (χ1v) is 16.7. The summed E-state index contributed by atoms with van der Waals surface area (Å²) in [4.78, 5) is 15.2. The van der Waals surface area contributed by atoms with Crippen LogP contribution in [0.4, 0.5) is 5.69 Å². The molecule has 3 aromatic carbocycles. The molecule has 9 nitrogen and oxygen atoms in total. The van der Waals surface area contributed by atoms with Crippen molar-refractivity contribution in [3.05, 3.63) is 111 Å². The van der Waals surface area contributed by atoms with E-state index in [-0.39, 0.29) is 21.5 Å². The number of aliphatic hydroxyl groups is 2. The zero-order valence-electron chi connectivity index (χ0n) is 26.5. The van der Waals surface area contributed by atoms with Crippen molar-refractivity contribution in [3.63, 3.8) is 0 Å². The molecule has 0 bridgehead atoms. The fourth-order valence-electron chi connectivity index (χ4n) is 6.32. The number of thioether (sulfide) groups is 1. The van der Waals surface area contributed by atoms with Crippen LogP contribution < -0.4 is 15.5 Å². The first-order valence-electron chi connectivity index (χ1n) is 15.5. The molecule has 4 aromatic rings.